The molecule has 3 atom stereocenters. The molecule has 0 aliphatic heterocycles. The van der Waals surface area contributed by atoms with Crippen LogP contribution < -0.4 is 0 Å². The second-order valence-corrected chi connectivity index (χ2v) is 3.59. The van der Waals surface area contributed by atoms with Crippen LogP contribution in [0.1, 0.15) is 46.0 Å². The molecule has 0 aromatic carbocycles. The summed E-state index contributed by atoms with van der Waals surface area (Å²) in [6.07, 6.45) is 1.82. The van der Waals surface area contributed by atoms with Gasteiger partial charge in [0.05, 0.1) is 18.3 Å². The number of hydrogen-bond acceptors (Lipinski definition) is 3. The van der Waals surface area contributed by atoms with Gasteiger partial charge in [0.15, 0.2) is 0 Å². The first kappa shape index (κ1) is 12.9. The lowest BCUT2D eigenvalue weighted by molar-refractivity contribution is 0.0595. The highest BCUT2D eigenvalue weighted by atomic mass is 16.3. The molecule has 0 radical (unpaired) electrons. The van der Waals surface area contributed by atoms with Gasteiger partial charge < -0.3 is 15.3 Å². The fourth-order valence-electron chi connectivity index (χ4n) is 1.19. The Hall–Kier alpha value is -0.120. The third-order valence-electron chi connectivity index (χ3n) is 2.32. The van der Waals surface area contributed by atoms with Crippen LogP contribution in [0.5, 0.6) is 0 Å². The molecule has 0 aromatic rings. The first-order valence-electron chi connectivity index (χ1n) is 5.14. The molecule has 80 valence electrons. The predicted octanol–water partition coefficient (Wildman–Crippen LogP) is 1.06. The van der Waals surface area contributed by atoms with Crippen LogP contribution in [0.2, 0.25) is 0 Å². The number of aliphatic hydroxyl groups is 3. The van der Waals surface area contributed by atoms with Crippen molar-refractivity contribution in [3.63, 3.8) is 0 Å². The van der Waals surface area contributed by atoms with E-state index >= 15 is 0 Å². The van der Waals surface area contributed by atoms with Crippen LogP contribution in [0, 0.1) is 0 Å². The van der Waals surface area contributed by atoms with Crippen molar-refractivity contribution in [1.29, 1.82) is 0 Å². The van der Waals surface area contributed by atoms with Crippen molar-refractivity contribution in [2.24, 2.45) is 0 Å². The van der Waals surface area contributed by atoms with E-state index in [-0.39, 0.29) is 6.10 Å². The van der Waals surface area contributed by atoms with E-state index in [1.54, 1.807) is 0 Å². The van der Waals surface area contributed by atoms with Crippen molar-refractivity contribution in [2.75, 3.05) is 0 Å². The van der Waals surface area contributed by atoms with Crippen molar-refractivity contribution in [3.8, 4) is 0 Å². The maximum atomic E-state index is 9.42. The molecule has 13 heavy (non-hydrogen) atoms. The van der Waals surface area contributed by atoms with Gasteiger partial charge in [0.25, 0.3) is 0 Å². The van der Waals surface area contributed by atoms with Gasteiger partial charge in [-0.1, -0.05) is 13.8 Å². The maximum Gasteiger partial charge on any atom is 0.0565 e. The van der Waals surface area contributed by atoms with E-state index in [0.717, 1.165) is 6.42 Å². The van der Waals surface area contributed by atoms with Crippen molar-refractivity contribution >= 4 is 0 Å². The summed E-state index contributed by atoms with van der Waals surface area (Å²) in [4.78, 5) is 0. The molecule has 0 fully saturated rings. The highest BCUT2D eigenvalue weighted by molar-refractivity contribution is 4.64. The molecular formula is C10H22O3. The lowest BCUT2D eigenvalue weighted by Crippen LogP contribution is -2.18. The van der Waals surface area contributed by atoms with Gasteiger partial charge in [-0.25, -0.2) is 0 Å². The van der Waals surface area contributed by atoms with E-state index in [2.05, 4.69) is 0 Å². The topological polar surface area (TPSA) is 60.7 Å². The van der Waals surface area contributed by atoms with Crippen molar-refractivity contribution < 1.29 is 15.3 Å². The van der Waals surface area contributed by atoms with Crippen LogP contribution in [0.3, 0.4) is 0 Å². The minimum Gasteiger partial charge on any atom is -0.393 e. The zero-order valence-electron chi connectivity index (χ0n) is 8.61. The van der Waals surface area contributed by atoms with E-state index < -0.39 is 12.2 Å². The van der Waals surface area contributed by atoms with E-state index in [1.165, 1.54) is 0 Å². The summed E-state index contributed by atoms with van der Waals surface area (Å²) in [7, 11) is 0. The molecular weight excluding hydrogens is 168 g/mol. The van der Waals surface area contributed by atoms with Gasteiger partial charge in [0.1, 0.15) is 0 Å². The van der Waals surface area contributed by atoms with Crippen molar-refractivity contribution in [3.05, 3.63) is 0 Å². The molecule has 0 bridgehead atoms. The normalized spacial score (nSPS) is 18.2. The second kappa shape index (κ2) is 7.30. The highest BCUT2D eigenvalue weighted by Gasteiger charge is 2.11. The molecule has 0 saturated carbocycles. The quantitative estimate of drug-likeness (QED) is 0.562. The maximum absolute atomic E-state index is 9.42. The smallest absolute Gasteiger partial charge is 0.0565 e. The lowest BCUT2D eigenvalue weighted by Gasteiger charge is -2.15. The molecule has 0 heterocycles. The zero-order chi connectivity index (χ0) is 10.3. The summed E-state index contributed by atoms with van der Waals surface area (Å²) in [5.41, 5.74) is 0. The number of hydrogen-bond donors (Lipinski definition) is 3. The summed E-state index contributed by atoms with van der Waals surface area (Å²) < 4.78 is 0. The molecule has 3 N–H and O–H groups in total. The SMILES string of the molecule is CCC(O)CCC(O)CC(O)CC. The largest absolute Gasteiger partial charge is 0.393 e. The Morgan fingerprint density at radius 2 is 1.23 bits per heavy atom. The van der Waals surface area contributed by atoms with Crippen LogP contribution in [0.25, 0.3) is 0 Å². The summed E-state index contributed by atoms with van der Waals surface area (Å²) in [5, 5.41) is 27.9. The van der Waals surface area contributed by atoms with Crippen molar-refractivity contribution in [2.45, 2.75) is 64.3 Å². The average molecular weight is 190 g/mol. The van der Waals surface area contributed by atoms with E-state index in [4.69, 9.17) is 0 Å². The summed E-state index contributed by atoms with van der Waals surface area (Å²) in [6, 6.07) is 0. The van der Waals surface area contributed by atoms with Gasteiger partial charge in [-0.2, -0.15) is 0 Å². The van der Waals surface area contributed by atoms with Gasteiger partial charge in [-0.3, -0.25) is 0 Å². The lowest BCUT2D eigenvalue weighted by atomic mass is 10.0. The van der Waals surface area contributed by atoms with E-state index in [0.29, 0.717) is 25.7 Å². The number of aliphatic hydroxyl groups excluding tert-OH is 3. The van der Waals surface area contributed by atoms with Crippen LogP contribution >= 0.6 is 0 Å². The minimum atomic E-state index is -0.476. The van der Waals surface area contributed by atoms with Crippen molar-refractivity contribution in [1.82, 2.24) is 0 Å². The minimum absolute atomic E-state index is 0.312. The van der Waals surface area contributed by atoms with Crippen LogP contribution in [-0.2, 0) is 0 Å². The van der Waals surface area contributed by atoms with Gasteiger partial charge >= 0.3 is 0 Å². The summed E-state index contributed by atoms with van der Waals surface area (Å²) in [5.74, 6) is 0. The van der Waals surface area contributed by atoms with Gasteiger partial charge in [-0.05, 0) is 32.1 Å². The van der Waals surface area contributed by atoms with Crippen LogP contribution in [0.4, 0.5) is 0 Å². The number of rotatable bonds is 7. The van der Waals surface area contributed by atoms with Crippen LogP contribution in [-0.4, -0.2) is 33.6 Å². The fourth-order valence-corrected chi connectivity index (χ4v) is 1.19. The Morgan fingerprint density at radius 1 is 0.769 bits per heavy atom. The Morgan fingerprint density at radius 3 is 1.69 bits per heavy atom. The Labute approximate surface area is 80.4 Å². The van der Waals surface area contributed by atoms with E-state index in [1.807, 2.05) is 13.8 Å². The predicted molar refractivity (Wildman–Crippen MR) is 52.5 cm³/mol. The molecule has 3 unspecified atom stereocenters. The van der Waals surface area contributed by atoms with E-state index in [9.17, 15) is 15.3 Å². The van der Waals surface area contributed by atoms with Gasteiger partial charge in [0.2, 0.25) is 0 Å². The Balaban J connectivity index is 3.45. The molecule has 3 heteroatoms. The molecule has 0 saturated heterocycles. The summed E-state index contributed by atoms with van der Waals surface area (Å²) >= 11 is 0. The zero-order valence-corrected chi connectivity index (χ0v) is 8.61. The standard InChI is InChI=1S/C10H22O3/c1-3-8(11)5-6-10(13)7-9(12)4-2/h8-13H,3-7H2,1-2H3. The fraction of sp³-hybridized carbons (Fsp3) is 1.00. The first-order chi connectivity index (χ1) is 6.10. The molecule has 0 aromatic heterocycles. The van der Waals surface area contributed by atoms with Crippen LogP contribution in [0.15, 0.2) is 0 Å². The second-order valence-electron chi connectivity index (χ2n) is 3.59. The first-order valence-corrected chi connectivity index (χ1v) is 5.14. The third kappa shape index (κ3) is 6.99. The van der Waals surface area contributed by atoms with Gasteiger partial charge in [0, 0.05) is 0 Å². The molecule has 0 rings (SSSR count). The Kier molecular flexibility index (Phi) is 7.23. The molecule has 3 nitrogen and oxygen atoms in total. The molecule has 0 spiro atoms. The molecule has 0 aliphatic rings. The third-order valence-corrected chi connectivity index (χ3v) is 2.32. The monoisotopic (exact) mass is 190 g/mol. The molecule has 0 aliphatic carbocycles. The summed E-state index contributed by atoms with van der Waals surface area (Å²) in [6.45, 7) is 3.80. The Bertz CT molecular complexity index is 117. The molecule has 0 amide bonds. The average Bonchev–Trinajstić information content (AvgIpc) is 2.13. The highest BCUT2D eigenvalue weighted by Crippen LogP contribution is 2.10. The van der Waals surface area contributed by atoms with Gasteiger partial charge in [-0.15, -0.1) is 0 Å².